The van der Waals surface area contributed by atoms with Crippen molar-refractivity contribution in [2.24, 2.45) is 0 Å². The Hall–Kier alpha value is -3.15. The number of rotatable bonds is 3. The Bertz CT molecular complexity index is 927. The minimum Gasteiger partial charge on any atom is -0.345 e. The van der Waals surface area contributed by atoms with Crippen LogP contribution in [-0.4, -0.2) is 57.8 Å². The summed E-state index contributed by atoms with van der Waals surface area (Å²) in [6.45, 7) is 2.26. The fraction of sp³-hybridized carbons (Fsp3) is 0.250. The van der Waals surface area contributed by atoms with Gasteiger partial charge in [-0.15, -0.1) is 0 Å². The molecule has 4 rings (SSSR count). The van der Waals surface area contributed by atoms with Crippen LogP contribution in [0, 0.1) is 0 Å². The van der Waals surface area contributed by atoms with Gasteiger partial charge in [-0.1, -0.05) is 30.3 Å². The van der Waals surface area contributed by atoms with Crippen molar-refractivity contribution >= 4 is 22.8 Å². The first kappa shape index (κ1) is 16.3. The highest BCUT2D eigenvalue weighted by Crippen LogP contribution is 2.15. The van der Waals surface area contributed by atoms with Crippen LogP contribution < -0.4 is 0 Å². The number of fused-ring (bicyclic) bond motifs is 1. The summed E-state index contributed by atoms with van der Waals surface area (Å²) in [4.78, 5) is 36.0. The third-order valence-electron chi connectivity index (χ3n) is 4.78. The number of nitrogens with one attached hydrogen (secondary N) is 1. The Morgan fingerprint density at radius 1 is 0.962 bits per heavy atom. The first-order valence-corrected chi connectivity index (χ1v) is 8.75. The quantitative estimate of drug-likeness (QED) is 0.788. The van der Waals surface area contributed by atoms with Crippen molar-refractivity contribution in [3.8, 4) is 0 Å². The van der Waals surface area contributed by atoms with Crippen LogP contribution in [0.5, 0.6) is 0 Å². The van der Waals surface area contributed by atoms with Crippen molar-refractivity contribution in [2.45, 2.75) is 6.42 Å². The lowest BCUT2D eigenvalue weighted by Crippen LogP contribution is -2.51. The van der Waals surface area contributed by atoms with E-state index >= 15 is 0 Å². The van der Waals surface area contributed by atoms with Crippen molar-refractivity contribution in [2.75, 3.05) is 26.2 Å². The Morgan fingerprint density at radius 3 is 2.46 bits per heavy atom. The summed E-state index contributed by atoms with van der Waals surface area (Å²) in [7, 11) is 0. The molecule has 2 aromatic carbocycles. The monoisotopic (exact) mass is 348 g/mol. The maximum Gasteiger partial charge on any atom is 0.254 e. The molecule has 1 aromatic heterocycles. The first-order valence-electron chi connectivity index (χ1n) is 8.75. The second-order valence-electron chi connectivity index (χ2n) is 6.47. The number of aromatic amines is 1. The SMILES string of the molecule is O=C(Cc1ccccc1)N1CCN(C(=O)c2ccc3nc[nH]c3c2)CC1. The zero-order valence-corrected chi connectivity index (χ0v) is 14.4. The Balaban J connectivity index is 1.36. The summed E-state index contributed by atoms with van der Waals surface area (Å²) >= 11 is 0. The molecule has 0 spiro atoms. The molecule has 1 aliphatic rings. The number of amides is 2. The van der Waals surface area contributed by atoms with E-state index in [0.717, 1.165) is 16.6 Å². The number of carbonyl (C=O) groups is 2. The fourth-order valence-electron chi connectivity index (χ4n) is 3.29. The van der Waals surface area contributed by atoms with Crippen molar-refractivity contribution in [3.05, 3.63) is 66.0 Å². The highest BCUT2D eigenvalue weighted by molar-refractivity contribution is 5.97. The molecule has 0 aliphatic carbocycles. The molecular formula is C20H20N4O2. The molecule has 1 saturated heterocycles. The van der Waals surface area contributed by atoms with E-state index < -0.39 is 0 Å². The molecule has 1 fully saturated rings. The summed E-state index contributed by atoms with van der Waals surface area (Å²) < 4.78 is 0. The Kier molecular flexibility index (Phi) is 4.39. The van der Waals surface area contributed by atoms with E-state index in [1.165, 1.54) is 0 Å². The normalized spacial score (nSPS) is 14.6. The van der Waals surface area contributed by atoms with Crippen molar-refractivity contribution in [1.82, 2.24) is 19.8 Å². The maximum absolute atomic E-state index is 12.7. The van der Waals surface area contributed by atoms with Crippen molar-refractivity contribution < 1.29 is 9.59 Å². The van der Waals surface area contributed by atoms with E-state index in [1.54, 1.807) is 12.4 Å². The third-order valence-corrected chi connectivity index (χ3v) is 4.78. The van der Waals surface area contributed by atoms with Crippen molar-refractivity contribution in [3.63, 3.8) is 0 Å². The minimum absolute atomic E-state index is 0.00309. The van der Waals surface area contributed by atoms with Crippen LogP contribution in [0.2, 0.25) is 0 Å². The molecule has 3 aromatic rings. The van der Waals surface area contributed by atoms with Gasteiger partial charge in [-0.3, -0.25) is 9.59 Å². The molecule has 26 heavy (non-hydrogen) atoms. The molecule has 6 heteroatoms. The number of hydrogen-bond acceptors (Lipinski definition) is 3. The molecule has 1 N–H and O–H groups in total. The molecule has 0 unspecified atom stereocenters. The van der Waals surface area contributed by atoms with Gasteiger partial charge in [0.2, 0.25) is 5.91 Å². The predicted molar refractivity (Wildman–Crippen MR) is 98.7 cm³/mol. The average Bonchev–Trinajstić information content (AvgIpc) is 3.16. The summed E-state index contributed by atoms with van der Waals surface area (Å²) in [5.41, 5.74) is 3.36. The lowest BCUT2D eigenvalue weighted by atomic mass is 10.1. The molecule has 0 saturated carbocycles. The zero-order valence-electron chi connectivity index (χ0n) is 14.4. The number of benzene rings is 2. The molecule has 0 atom stereocenters. The van der Waals surface area contributed by atoms with Gasteiger partial charge in [0.05, 0.1) is 23.8 Å². The van der Waals surface area contributed by atoms with Crippen molar-refractivity contribution in [1.29, 1.82) is 0 Å². The molecule has 132 valence electrons. The number of hydrogen-bond donors (Lipinski definition) is 1. The van der Waals surface area contributed by atoms with Gasteiger partial charge in [0.25, 0.3) is 5.91 Å². The van der Waals surface area contributed by atoms with Gasteiger partial charge in [-0.2, -0.15) is 0 Å². The van der Waals surface area contributed by atoms with Crippen LogP contribution in [0.4, 0.5) is 0 Å². The average molecular weight is 348 g/mol. The molecule has 2 heterocycles. The second-order valence-corrected chi connectivity index (χ2v) is 6.47. The van der Waals surface area contributed by atoms with Crippen LogP contribution in [0.25, 0.3) is 11.0 Å². The Morgan fingerprint density at radius 2 is 1.69 bits per heavy atom. The van der Waals surface area contributed by atoms with Gasteiger partial charge >= 0.3 is 0 Å². The van der Waals surface area contributed by atoms with Crippen LogP contribution in [-0.2, 0) is 11.2 Å². The number of carbonyl (C=O) groups excluding carboxylic acids is 2. The van der Waals surface area contributed by atoms with E-state index in [4.69, 9.17) is 0 Å². The minimum atomic E-state index is -0.00309. The maximum atomic E-state index is 12.7. The second kappa shape index (κ2) is 7.00. The molecule has 1 aliphatic heterocycles. The summed E-state index contributed by atoms with van der Waals surface area (Å²) in [6.07, 6.45) is 2.03. The van der Waals surface area contributed by atoms with Gasteiger partial charge in [0, 0.05) is 31.7 Å². The number of piperazine rings is 1. The van der Waals surface area contributed by atoms with Gasteiger partial charge < -0.3 is 14.8 Å². The molecule has 0 bridgehead atoms. The summed E-state index contributed by atoms with van der Waals surface area (Å²) in [6, 6.07) is 15.2. The van der Waals surface area contributed by atoms with Gasteiger partial charge in [0.15, 0.2) is 0 Å². The molecular weight excluding hydrogens is 328 g/mol. The van der Waals surface area contributed by atoms with Crippen LogP contribution in [0.1, 0.15) is 15.9 Å². The Labute approximate surface area is 151 Å². The predicted octanol–water partition coefficient (Wildman–Crippen LogP) is 2.09. The van der Waals surface area contributed by atoms with Crippen LogP contribution in [0.3, 0.4) is 0 Å². The summed E-state index contributed by atoms with van der Waals surface area (Å²) in [5, 5.41) is 0. The standard InChI is InChI=1S/C20H20N4O2/c25-19(12-15-4-2-1-3-5-15)23-8-10-24(11-9-23)20(26)16-6-7-17-18(13-16)22-14-21-17/h1-7,13-14H,8-12H2,(H,21,22). The van der Waals surface area contributed by atoms with E-state index in [9.17, 15) is 9.59 Å². The van der Waals surface area contributed by atoms with Gasteiger partial charge in [-0.25, -0.2) is 4.98 Å². The smallest absolute Gasteiger partial charge is 0.254 e. The van der Waals surface area contributed by atoms with E-state index in [0.29, 0.717) is 38.2 Å². The number of aromatic nitrogens is 2. The van der Waals surface area contributed by atoms with Crippen LogP contribution in [0.15, 0.2) is 54.9 Å². The van der Waals surface area contributed by atoms with E-state index in [1.807, 2.05) is 52.3 Å². The largest absolute Gasteiger partial charge is 0.345 e. The highest BCUT2D eigenvalue weighted by Gasteiger charge is 2.25. The number of nitrogens with zero attached hydrogens (tertiary/aromatic N) is 3. The topological polar surface area (TPSA) is 69.3 Å². The molecule has 0 radical (unpaired) electrons. The van der Waals surface area contributed by atoms with Gasteiger partial charge in [-0.05, 0) is 23.8 Å². The number of imidazole rings is 1. The van der Waals surface area contributed by atoms with Gasteiger partial charge in [0.1, 0.15) is 0 Å². The fourth-order valence-corrected chi connectivity index (χ4v) is 3.29. The zero-order chi connectivity index (χ0) is 17.9. The highest BCUT2D eigenvalue weighted by atomic mass is 16.2. The lowest BCUT2D eigenvalue weighted by molar-refractivity contribution is -0.131. The number of H-pyrrole nitrogens is 1. The lowest BCUT2D eigenvalue weighted by Gasteiger charge is -2.35. The van der Waals surface area contributed by atoms with Crippen LogP contribution >= 0.6 is 0 Å². The molecule has 6 nitrogen and oxygen atoms in total. The third kappa shape index (κ3) is 3.31. The molecule has 2 amide bonds. The van der Waals surface area contributed by atoms with E-state index in [2.05, 4.69) is 9.97 Å². The van der Waals surface area contributed by atoms with E-state index in [-0.39, 0.29) is 11.8 Å². The first-order chi connectivity index (χ1) is 12.7. The summed E-state index contributed by atoms with van der Waals surface area (Å²) in [5.74, 6) is 0.110.